The van der Waals surface area contributed by atoms with Crippen molar-refractivity contribution in [3.63, 3.8) is 0 Å². The molecule has 0 aromatic carbocycles. The molecular formula is C9H17N4O5P. The number of ether oxygens (including phenoxy) is 2. The van der Waals surface area contributed by atoms with E-state index in [0.717, 1.165) is 0 Å². The molecule has 1 aromatic rings. The summed E-state index contributed by atoms with van der Waals surface area (Å²) in [6.45, 7) is 2.20. The summed E-state index contributed by atoms with van der Waals surface area (Å²) in [5.41, 5.74) is 10.9. The van der Waals surface area contributed by atoms with Crippen LogP contribution >= 0.6 is 7.60 Å². The van der Waals surface area contributed by atoms with Gasteiger partial charge in [-0.3, -0.25) is 4.57 Å². The molecular weight excluding hydrogens is 275 g/mol. The van der Waals surface area contributed by atoms with Crippen LogP contribution < -0.4 is 16.2 Å². The lowest BCUT2D eigenvalue weighted by molar-refractivity contribution is 0.102. The monoisotopic (exact) mass is 292 g/mol. The third-order valence-electron chi connectivity index (χ3n) is 1.92. The molecule has 0 aliphatic rings. The molecule has 0 spiro atoms. The van der Waals surface area contributed by atoms with Gasteiger partial charge in [0.15, 0.2) is 0 Å². The van der Waals surface area contributed by atoms with Gasteiger partial charge in [0.25, 0.3) is 0 Å². The SMILES string of the molecule is CC(COCP(=O)(O)O)COc1cc(N)nc(N)n1. The number of nitrogen functional groups attached to an aromatic ring is 2. The Morgan fingerprint density at radius 1 is 1.37 bits per heavy atom. The fourth-order valence-electron chi connectivity index (χ4n) is 1.18. The highest BCUT2D eigenvalue weighted by Crippen LogP contribution is 2.33. The highest BCUT2D eigenvalue weighted by Gasteiger charge is 2.14. The number of hydrogen-bond donors (Lipinski definition) is 4. The molecule has 1 atom stereocenters. The first-order chi connectivity index (χ1) is 8.76. The van der Waals surface area contributed by atoms with Crippen LogP contribution in [0.1, 0.15) is 6.92 Å². The molecule has 108 valence electrons. The number of nitrogens with zero attached hydrogens (tertiary/aromatic N) is 2. The summed E-state index contributed by atoms with van der Waals surface area (Å²) in [5, 5.41) is 0. The van der Waals surface area contributed by atoms with Crippen molar-refractivity contribution in [1.29, 1.82) is 0 Å². The molecule has 1 aromatic heterocycles. The van der Waals surface area contributed by atoms with Crippen LogP contribution in [-0.4, -0.2) is 39.3 Å². The van der Waals surface area contributed by atoms with Crippen LogP contribution in [0.5, 0.6) is 5.88 Å². The zero-order valence-corrected chi connectivity index (χ0v) is 11.3. The maximum absolute atomic E-state index is 10.6. The molecule has 0 aliphatic heterocycles. The van der Waals surface area contributed by atoms with Gasteiger partial charge in [0.2, 0.25) is 11.8 Å². The minimum atomic E-state index is -4.13. The molecule has 6 N–H and O–H groups in total. The summed E-state index contributed by atoms with van der Waals surface area (Å²) < 4.78 is 20.8. The number of hydrogen-bond acceptors (Lipinski definition) is 7. The first-order valence-electron chi connectivity index (χ1n) is 5.41. The van der Waals surface area contributed by atoms with E-state index in [-0.39, 0.29) is 36.8 Å². The van der Waals surface area contributed by atoms with Crippen molar-refractivity contribution < 1.29 is 23.8 Å². The van der Waals surface area contributed by atoms with E-state index in [2.05, 4.69) is 9.97 Å². The molecule has 0 aliphatic carbocycles. The third-order valence-corrected chi connectivity index (χ3v) is 2.44. The first kappa shape index (κ1) is 15.6. The van der Waals surface area contributed by atoms with Gasteiger partial charge < -0.3 is 30.7 Å². The van der Waals surface area contributed by atoms with E-state index in [1.807, 2.05) is 0 Å². The average molecular weight is 292 g/mol. The smallest absolute Gasteiger partial charge is 0.350 e. The van der Waals surface area contributed by atoms with E-state index >= 15 is 0 Å². The molecule has 0 bridgehead atoms. The number of rotatable bonds is 7. The highest BCUT2D eigenvalue weighted by molar-refractivity contribution is 7.51. The lowest BCUT2D eigenvalue weighted by Gasteiger charge is -2.13. The van der Waals surface area contributed by atoms with Crippen molar-refractivity contribution in [1.82, 2.24) is 9.97 Å². The fraction of sp³-hybridized carbons (Fsp3) is 0.556. The molecule has 0 saturated carbocycles. The number of aromatic nitrogens is 2. The first-order valence-corrected chi connectivity index (χ1v) is 7.21. The quantitative estimate of drug-likeness (QED) is 0.500. The number of anilines is 2. The van der Waals surface area contributed by atoms with Crippen LogP contribution in [0.3, 0.4) is 0 Å². The molecule has 0 saturated heterocycles. The minimum Gasteiger partial charge on any atom is -0.477 e. The van der Waals surface area contributed by atoms with Gasteiger partial charge in [-0.25, -0.2) is 0 Å². The normalized spacial score (nSPS) is 13.2. The topological polar surface area (TPSA) is 154 Å². The van der Waals surface area contributed by atoms with Gasteiger partial charge in [0, 0.05) is 12.0 Å². The van der Waals surface area contributed by atoms with Gasteiger partial charge in [-0.2, -0.15) is 9.97 Å². The van der Waals surface area contributed by atoms with Gasteiger partial charge in [-0.1, -0.05) is 6.92 Å². The Bertz CT molecular complexity index is 446. The molecule has 0 radical (unpaired) electrons. The van der Waals surface area contributed by atoms with Gasteiger partial charge in [-0.15, -0.1) is 0 Å². The van der Waals surface area contributed by atoms with Crippen LogP contribution in [0.2, 0.25) is 0 Å². The van der Waals surface area contributed by atoms with Gasteiger partial charge in [0.05, 0.1) is 13.2 Å². The summed E-state index contributed by atoms with van der Waals surface area (Å²) in [6, 6.07) is 1.43. The Morgan fingerprint density at radius 3 is 2.63 bits per heavy atom. The van der Waals surface area contributed by atoms with Gasteiger partial charge >= 0.3 is 7.60 Å². The van der Waals surface area contributed by atoms with E-state index in [1.54, 1.807) is 6.92 Å². The second kappa shape index (κ2) is 6.67. The molecule has 1 unspecified atom stereocenters. The molecule has 9 nitrogen and oxygen atoms in total. The zero-order chi connectivity index (χ0) is 14.5. The maximum Gasteiger partial charge on any atom is 0.350 e. The zero-order valence-electron chi connectivity index (χ0n) is 10.4. The summed E-state index contributed by atoms with van der Waals surface area (Å²) in [7, 11) is -4.13. The van der Waals surface area contributed by atoms with Crippen LogP contribution in [0.25, 0.3) is 0 Å². The summed E-state index contributed by atoms with van der Waals surface area (Å²) in [4.78, 5) is 24.7. The van der Waals surface area contributed by atoms with Gasteiger partial charge in [0.1, 0.15) is 12.2 Å². The fourth-order valence-corrected chi connectivity index (χ4v) is 1.53. The standard InChI is InChI=1S/C9H17N4O5P/c1-6(3-17-5-19(14,15)16)4-18-8-2-7(10)12-9(11)13-8/h2,6H,3-5H2,1H3,(H2,14,15,16)(H4,10,11,12,13). The third kappa shape index (κ3) is 6.92. The molecule has 19 heavy (non-hydrogen) atoms. The van der Waals surface area contributed by atoms with Crippen LogP contribution in [0.15, 0.2) is 6.07 Å². The summed E-state index contributed by atoms with van der Waals surface area (Å²) in [6.07, 6.45) is -0.606. The average Bonchev–Trinajstić information content (AvgIpc) is 2.23. The lowest BCUT2D eigenvalue weighted by atomic mass is 10.2. The van der Waals surface area contributed by atoms with E-state index in [4.69, 9.17) is 30.7 Å². The van der Waals surface area contributed by atoms with Crippen molar-refractivity contribution in [2.75, 3.05) is 31.0 Å². The predicted molar refractivity (Wildman–Crippen MR) is 68.4 cm³/mol. The van der Waals surface area contributed by atoms with Crippen LogP contribution in [0.4, 0.5) is 11.8 Å². The van der Waals surface area contributed by atoms with Crippen molar-refractivity contribution in [2.45, 2.75) is 6.92 Å². The molecule has 0 fully saturated rings. The summed E-state index contributed by atoms with van der Waals surface area (Å²) >= 11 is 0. The van der Waals surface area contributed by atoms with E-state index in [9.17, 15) is 4.57 Å². The molecule has 1 rings (SSSR count). The Labute approximate surface area is 110 Å². The highest BCUT2D eigenvalue weighted by atomic mass is 31.2. The van der Waals surface area contributed by atoms with Gasteiger partial charge in [-0.05, 0) is 0 Å². The van der Waals surface area contributed by atoms with E-state index < -0.39 is 13.9 Å². The Hall–Kier alpha value is -1.41. The number of nitrogens with two attached hydrogens (primary N) is 2. The van der Waals surface area contributed by atoms with Crippen molar-refractivity contribution in [3.8, 4) is 5.88 Å². The second-order valence-corrected chi connectivity index (χ2v) is 5.66. The van der Waals surface area contributed by atoms with Crippen molar-refractivity contribution >= 4 is 19.4 Å². The Morgan fingerprint density at radius 2 is 2.05 bits per heavy atom. The summed E-state index contributed by atoms with van der Waals surface area (Å²) in [5.74, 6) is 0.379. The Balaban J connectivity index is 2.33. The van der Waals surface area contributed by atoms with E-state index in [0.29, 0.717) is 0 Å². The van der Waals surface area contributed by atoms with Crippen molar-refractivity contribution in [2.24, 2.45) is 5.92 Å². The van der Waals surface area contributed by atoms with E-state index in [1.165, 1.54) is 6.07 Å². The van der Waals surface area contributed by atoms with Crippen molar-refractivity contribution in [3.05, 3.63) is 6.07 Å². The maximum atomic E-state index is 10.6. The lowest BCUT2D eigenvalue weighted by Crippen LogP contribution is -2.16. The molecule has 0 amide bonds. The van der Waals surface area contributed by atoms with Crippen LogP contribution in [-0.2, 0) is 9.30 Å². The molecule has 1 heterocycles. The minimum absolute atomic E-state index is 0.0143. The van der Waals surface area contributed by atoms with Crippen LogP contribution in [0, 0.1) is 5.92 Å². The second-order valence-electron chi connectivity index (χ2n) is 4.07. The predicted octanol–water partition coefficient (Wildman–Crippen LogP) is -0.192. The Kier molecular flexibility index (Phi) is 5.49. The molecule has 10 heteroatoms. The largest absolute Gasteiger partial charge is 0.477 e.